The van der Waals surface area contributed by atoms with Gasteiger partial charge in [0, 0.05) is 24.7 Å². The Labute approximate surface area is 418 Å². The molecule has 0 radical (unpaired) electrons. The van der Waals surface area contributed by atoms with Crippen LogP contribution in [0.1, 0.15) is 52.3 Å². The van der Waals surface area contributed by atoms with E-state index < -0.39 is 164 Å². The molecule has 73 heavy (non-hydrogen) atoms. The van der Waals surface area contributed by atoms with Crippen molar-refractivity contribution in [3.05, 3.63) is 48.0 Å². The van der Waals surface area contributed by atoms with Gasteiger partial charge in [0.15, 0.2) is 0 Å². The van der Waals surface area contributed by atoms with Gasteiger partial charge >= 0.3 is 5.97 Å². The van der Waals surface area contributed by atoms with Gasteiger partial charge in [0.25, 0.3) is 0 Å². The van der Waals surface area contributed by atoms with Crippen molar-refractivity contribution < 1.29 is 83.7 Å². The first kappa shape index (κ1) is 61.8. The monoisotopic (exact) mass is 1040 g/mol. The first-order valence-electron chi connectivity index (χ1n) is 23.0. The number of aromatic nitrogens is 2. The van der Waals surface area contributed by atoms with Crippen LogP contribution in [0.3, 0.4) is 0 Å². The number of H-pyrrole nitrogens is 1. The lowest BCUT2D eigenvalue weighted by molar-refractivity contribution is -0.142. The van der Waals surface area contributed by atoms with E-state index in [4.69, 9.17) is 10.8 Å². The molecule has 2 aromatic rings. The Morgan fingerprint density at radius 1 is 0.534 bits per heavy atom. The molecule has 406 valence electrons. The summed E-state index contributed by atoms with van der Waals surface area (Å²) in [7, 11) is 0. The maximum absolute atomic E-state index is 14.0. The Morgan fingerprint density at radius 2 is 0.959 bits per heavy atom. The largest absolute Gasteiger partial charge is 0.508 e. The van der Waals surface area contributed by atoms with E-state index in [9.17, 15) is 78.6 Å². The van der Waals surface area contributed by atoms with Gasteiger partial charge in [-0.2, -0.15) is 0 Å². The molecular formula is C44H68N12O17. The van der Waals surface area contributed by atoms with Gasteiger partial charge in [0.1, 0.15) is 66.2 Å². The average Bonchev–Trinajstić information content (AvgIpc) is 3.88. The molecule has 29 nitrogen and oxygen atoms in total. The van der Waals surface area contributed by atoms with Crippen molar-refractivity contribution in [3.8, 4) is 5.75 Å². The molecule has 0 spiro atoms. The fourth-order valence-electron chi connectivity index (χ4n) is 6.52. The Morgan fingerprint density at radius 3 is 1.40 bits per heavy atom. The second-order valence-corrected chi connectivity index (χ2v) is 17.2. The number of carbonyl (C=O) groups is 10. The highest BCUT2D eigenvalue weighted by atomic mass is 16.4. The highest BCUT2D eigenvalue weighted by molar-refractivity contribution is 5.98. The number of phenols is 1. The van der Waals surface area contributed by atoms with E-state index in [2.05, 4.69) is 57.8 Å². The number of carbonyl (C=O) groups excluding carboxylic acids is 9. The highest BCUT2D eigenvalue weighted by Crippen LogP contribution is 2.14. The number of amides is 9. The number of nitrogens with one attached hydrogen (secondary N) is 10. The van der Waals surface area contributed by atoms with Crippen molar-refractivity contribution in [3.63, 3.8) is 0 Å². The van der Waals surface area contributed by atoms with E-state index in [1.165, 1.54) is 57.6 Å². The van der Waals surface area contributed by atoms with E-state index in [1.54, 1.807) is 13.8 Å². The normalized spacial score (nSPS) is 15.7. The Kier molecular flexibility index (Phi) is 25.9. The molecule has 11 atom stereocenters. The van der Waals surface area contributed by atoms with Crippen LogP contribution in [0.4, 0.5) is 0 Å². The predicted octanol–water partition coefficient (Wildman–Crippen LogP) is -7.64. The Balaban J connectivity index is 2.23. The molecular weight excluding hydrogens is 969 g/mol. The number of aromatic hydroxyl groups is 1. The van der Waals surface area contributed by atoms with Crippen LogP contribution in [0.15, 0.2) is 36.8 Å². The summed E-state index contributed by atoms with van der Waals surface area (Å²) in [5.74, 6) is -12.4. The maximum atomic E-state index is 14.0. The Bertz CT molecular complexity index is 2180. The zero-order valence-corrected chi connectivity index (χ0v) is 40.8. The predicted molar refractivity (Wildman–Crippen MR) is 252 cm³/mol. The number of benzene rings is 1. The van der Waals surface area contributed by atoms with Gasteiger partial charge in [0.05, 0.1) is 39.4 Å². The van der Waals surface area contributed by atoms with Crippen LogP contribution in [-0.2, 0) is 60.8 Å². The third-order valence-electron chi connectivity index (χ3n) is 11.2. The summed E-state index contributed by atoms with van der Waals surface area (Å²) in [6.07, 6.45) is 2.60. The SMILES string of the molecule is CC[C@H](C)[C@H](NC(=O)[C@H](Cc1ccc(O)cc1)NC(=O)[C@H](CO)NC(=O)[C@@H](NC(=O)[C@H](CO)NC(=O)[C@H](CO)NC(=O)[C@H](CO)NC(=O)[C@H](C)NC(=O)[C@@H](N)CO)C(C)C)C(=O)N[C@@H](Cc1cnc[nH]1)C(=O)O. The summed E-state index contributed by atoms with van der Waals surface area (Å²) in [6, 6.07) is -10.2. The van der Waals surface area contributed by atoms with E-state index in [0.717, 1.165) is 0 Å². The number of carboxylic acids is 1. The molecule has 29 heteroatoms. The van der Waals surface area contributed by atoms with Gasteiger partial charge in [-0.15, -0.1) is 0 Å². The van der Waals surface area contributed by atoms with Crippen molar-refractivity contribution in [2.24, 2.45) is 17.6 Å². The van der Waals surface area contributed by atoms with Gasteiger partial charge in [-0.1, -0.05) is 46.2 Å². The molecule has 0 saturated carbocycles. The minimum Gasteiger partial charge on any atom is -0.508 e. The van der Waals surface area contributed by atoms with Crippen molar-refractivity contribution in [1.29, 1.82) is 0 Å². The summed E-state index contributed by atoms with van der Waals surface area (Å²) >= 11 is 0. The van der Waals surface area contributed by atoms with E-state index >= 15 is 0 Å². The first-order chi connectivity index (χ1) is 34.4. The molecule has 0 aliphatic rings. The molecule has 0 unspecified atom stereocenters. The lowest BCUT2D eigenvalue weighted by Crippen LogP contribution is -2.62. The van der Waals surface area contributed by atoms with Crippen LogP contribution < -0.4 is 53.6 Å². The smallest absolute Gasteiger partial charge is 0.326 e. The standard InChI is InChI=1S/C44H68N12O17/c1-6-21(4)34(43(71)50-28(44(72)73)12-24-13-46-19-47-24)56-37(65)27(11-23-7-9-25(62)10-8-23)49-38(66)31(17-60)54-42(70)33(20(2)3)55-41(69)32(18-61)53-40(68)30(16-59)52-39(67)29(15-58)51-35(63)22(5)48-36(64)26(45)14-57/h7-10,13,19-22,26-34,57-62H,6,11-12,14-18,45H2,1-5H3,(H,46,47)(H,48,64)(H,49,66)(H,50,71)(H,51,63)(H,52,67)(H,53,68)(H,54,70)(H,55,69)(H,56,65)(H,72,73)/t21-,22-,26-,27-,28-,29-,30-,31-,32-,33-,34-/m0/s1. The molecule has 19 N–H and O–H groups in total. The van der Waals surface area contributed by atoms with Crippen molar-refractivity contribution in [2.45, 2.75) is 114 Å². The number of hydrogen-bond acceptors (Lipinski definition) is 18. The summed E-state index contributed by atoms with van der Waals surface area (Å²) in [6.45, 7) is 2.44. The van der Waals surface area contributed by atoms with Crippen LogP contribution in [0.2, 0.25) is 0 Å². The number of imidazole rings is 1. The molecule has 1 aromatic carbocycles. The number of aliphatic hydroxyl groups is 5. The molecule has 1 heterocycles. The summed E-state index contributed by atoms with van der Waals surface area (Å²) in [5, 5.41) is 89.3. The molecule has 0 bridgehead atoms. The fraction of sp³-hybridized carbons (Fsp3) is 0.568. The molecule has 9 amide bonds. The lowest BCUT2D eigenvalue weighted by atomic mass is 9.96. The number of aliphatic carboxylic acids is 1. The number of nitrogens with two attached hydrogens (primary N) is 1. The number of rotatable bonds is 31. The number of hydrogen-bond donors (Lipinski definition) is 18. The van der Waals surface area contributed by atoms with Crippen molar-refractivity contribution in [2.75, 3.05) is 33.0 Å². The molecule has 0 fully saturated rings. The second-order valence-electron chi connectivity index (χ2n) is 17.2. The Hall–Kier alpha value is -7.31. The minimum absolute atomic E-state index is 0.119. The van der Waals surface area contributed by atoms with Gasteiger partial charge in [-0.25, -0.2) is 9.78 Å². The van der Waals surface area contributed by atoms with Crippen LogP contribution >= 0.6 is 0 Å². The number of aliphatic hydroxyl groups excluding tert-OH is 5. The topological polar surface area (TPSA) is 475 Å². The zero-order chi connectivity index (χ0) is 55.1. The van der Waals surface area contributed by atoms with Crippen molar-refractivity contribution >= 4 is 59.1 Å². The molecule has 1 aromatic heterocycles. The number of phenolic OH excluding ortho intramolecular Hbond substituents is 1. The number of aromatic amines is 1. The molecule has 0 saturated heterocycles. The van der Waals surface area contributed by atoms with Crippen LogP contribution in [-0.4, -0.2) is 198 Å². The maximum Gasteiger partial charge on any atom is 0.326 e. The molecule has 0 aliphatic carbocycles. The zero-order valence-electron chi connectivity index (χ0n) is 40.8. The summed E-state index contributed by atoms with van der Waals surface area (Å²) < 4.78 is 0. The average molecular weight is 1040 g/mol. The second kappa shape index (κ2) is 30.5. The van der Waals surface area contributed by atoms with Gasteiger partial charge in [-0.05, 0) is 36.5 Å². The molecule has 0 aliphatic heterocycles. The number of carboxylic acid groups (broad SMARTS) is 1. The first-order valence-corrected chi connectivity index (χ1v) is 23.0. The van der Waals surface area contributed by atoms with E-state index in [0.29, 0.717) is 17.7 Å². The van der Waals surface area contributed by atoms with Crippen LogP contribution in [0.25, 0.3) is 0 Å². The third-order valence-corrected chi connectivity index (χ3v) is 11.2. The summed E-state index contributed by atoms with van der Waals surface area (Å²) in [4.78, 5) is 138. The van der Waals surface area contributed by atoms with Crippen LogP contribution in [0.5, 0.6) is 5.75 Å². The lowest BCUT2D eigenvalue weighted by Gasteiger charge is -2.29. The fourth-order valence-corrected chi connectivity index (χ4v) is 6.52. The minimum atomic E-state index is -1.85. The van der Waals surface area contributed by atoms with E-state index in [1.807, 2.05) is 0 Å². The number of nitrogens with zero attached hydrogens (tertiary/aromatic N) is 1. The highest BCUT2D eigenvalue weighted by Gasteiger charge is 2.36. The summed E-state index contributed by atoms with van der Waals surface area (Å²) in [5.41, 5.74) is 6.21. The third kappa shape index (κ3) is 19.7. The van der Waals surface area contributed by atoms with E-state index in [-0.39, 0.29) is 18.6 Å². The quantitative estimate of drug-likeness (QED) is 0.0333. The van der Waals surface area contributed by atoms with Gasteiger partial charge in [0.2, 0.25) is 53.2 Å². The molecule has 2 rings (SSSR count). The van der Waals surface area contributed by atoms with Crippen molar-refractivity contribution in [1.82, 2.24) is 57.8 Å². The van der Waals surface area contributed by atoms with Gasteiger partial charge < -0.3 is 94.3 Å². The van der Waals surface area contributed by atoms with Crippen LogP contribution in [0, 0.1) is 11.8 Å². The van der Waals surface area contributed by atoms with Gasteiger partial charge in [-0.3, -0.25) is 43.2 Å².